The fourth-order valence-corrected chi connectivity index (χ4v) is 1.91. The molecule has 0 radical (unpaired) electrons. The second-order valence-corrected chi connectivity index (χ2v) is 4.70. The van der Waals surface area contributed by atoms with Crippen LogP contribution in [0, 0.1) is 5.82 Å². The fraction of sp³-hybridized carbons (Fsp3) is 0.250. The molecule has 1 heterocycles. The van der Waals surface area contributed by atoms with Crippen LogP contribution in [0.4, 0.5) is 15.9 Å². The Morgan fingerprint density at radius 2 is 2.14 bits per heavy atom. The van der Waals surface area contributed by atoms with E-state index in [-0.39, 0.29) is 11.7 Å². The van der Waals surface area contributed by atoms with Gasteiger partial charge in [-0.2, -0.15) is 0 Å². The summed E-state index contributed by atoms with van der Waals surface area (Å²) in [5, 5.41) is 3.14. The molecular weight excluding hydrogens is 269 g/mol. The molecular formula is C16H18FN3O. The summed E-state index contributed by atoms with van der Waals surface area (Å²) in [6, 6.07) is 9.30. The van der Waals surface area contributed by atoms with E-state index < -0.39 is 0 Å². The van der Waals surface area contributed by atoms with E-state index in [4.69, 9.17) is 0 Å². The highest BCUT2D eigenvalue weighted by Gasteiger charge is 2.14. The zero-order valence-corrected chi connectivity index (χ0v) is 12.1. The monoisotopic (exact) mass is 287 g/mol. The Kier molecular flexibility index (Phi) is 4.87. The van der Waals surface area contributed by atoms with E-state index in [2.05, 4.69) is 17.2 Å². The van der Waals surface area contributed by atoms with E-state index in [0.717, 1.165) is 13.0 Å². The number of carbonyl (C=O) groups excluding carboxylic acids is 1. The van der Waals surface area contributed by atoms with Crippen LogP contribution in [0.15, 0.2) is 42.6 Å². The minimum absolute atomic E-state index is 0.206. The predicted octanol–water partition coefficient (Wildman–Crippen LogP) is 3.32. The summed E-state index contributed by atoms with van der Waals surface area (Å²) < 4.78 is 13.2. The minimum Gasteiger partial charge on any atom is -0.370 e. The molecule has 1 N–H and O–H groups in total. The van der Waals surface area contributed by atoms with Crippen LogP contribution < -0.4 is 10.2 Å². The SMILES string of the molecule is CCCNc1cc(C(=O)N(C)c2cccc(F)c2)ccn1. The molecule has 0 unspecified atom stereocenters. The largest absolute Gasteiger partial charge is 0.370 e. The topological polar surface area (TPSA) is 45.2 Å². The van der Waals surface area contributed by atoms with Crippen LogP contribution in [0.5, 0.6) is 0 Å². The van der Waals surface area contributed by atoms with Crippen molar-refractivity contribution in [3.63, 3.8) is 0 Å². The molecule has 21 heavy (non-hydrogen) atoms. The highest BCUT2D eigenvalue weighted by molar-refractivity contribution is 6.06. The molecule has 110 valence electrons. The summed E-state index contributed by atoms with van der Waals surface area (Å²) in [5.41, 5.74) is 1.02. The Balaban J connectivity index is 2.19. The van der Waals surface area contributed by atoms with Crippen molar-refractivity contribution >= 4 is 17.4 Å². The van der Waals surface area contributed by atoms with Crippen LogP contribution in [0.25, 0.3) is 0 Å². The molecule has 2 aromatic rings. The van der Waals surface area contributed by atoms with E-state index in [0.29, 0.717) is 17.1 Å². The molecule has 0 aliphatic carbocycles. The maximum absolute atomic E-state index is 13.2. The van der Waals surface area contributed by atoms with Gasteiger partial charge in [-0.3, -0.25) is 4.79 Å². The molecule has 0 saturated carbocycles. The van der Waals surface area contributed by atoms with Gasteiger partial charge >= 0.3 is 0 Å². The number of carbonyl (C=O) groups is 1. The third-order valence-corrected chi connectivity index (χ3v) is 3.06. The van der Waals surface area contributed by atoms with Crippen molar-refractivity contribution in [2.45, 2.75) is 13.3 Å². The maximum atomic E-state index is 13.2. The molecule has 2 rings (SSSR count). The maximum Gasteiger partial charge on any atom is 0.258 e. The van der Waals surface area contributed by atoms with E-state index in [1.165, 1.54) is 17.0 Å². The first-order chi connectivity index (χ1) is 10.1. The fourth-order valence-electron chi connectivity index (χ4n) is 1.91. The van der Waals surface area contributed by atoms with Crippen molar-refractivity contribution in [2.75, 3.05) is 23.8 Å². The van der Waals surface area contributed by atoms with E-state index in [1.54, 1.807) is 37.5 Å². The van der Waals surface area contributed by atoms with Gasteiger partial charge in [-0.05, 0) is 36.8 Å². The van der Waals surface area contributed by atoms with Gasteiger partial charge in [0.2, 0.25) is 0 Å². The molecule has 0 saturated heterocycles. The molecule has 1 amide bonds. The lowest BCUT2D eigenvalue weighted by Crippen LogP contribution is -2.26. The van der Waals surface area contributed by atoms with Crippen molar-refractivity contribution in [3.8, 4) is 0 Å². The van der Waals surface area contributed by atoms with Gasteiger partial charge in [0.15, 0.2) is 0 Å². The lowest BCUT2D eigenvalue weighted by Gasteiger charge is -2.17. The minimum atomic E-state index is -0.368. The standard InChI is InChI=1S/C16H18FN3O/c1-3-8-18-15-10-12(7-9-19-15)16(21)20(2)14-6-4-5-13(17)11-14/h4-7,9-11H,3,8H2,1-2H3,(H,18,19). The van der Waals surface area contributed by atoms with Crippen LogP contribution in [0.1, 0.15) is 23.7 Å². The zero-order chi connectivity index (χ0) is 15.2. The van der Waals surface area contributed by atoms with Gasteiger partial charge in [0, 0.05) is 31.0 Å². The average molecular weight is 287 g/mol. The molecule has 0 bridgehead atoms. The Labute approximate surface area is 123 Å². The second-order valence-electron chi connectivity index (χ2n) is 4.70. The number of anilines is 2. The van der Waals surface area contributed by atoms with Gasteiger partial charge in [0.1, 0.15) is 11.6 Å². The highest BCUT2D eigenvalue weighted by atomic mass is 19.1. The molecule has 5 heteroatoms. The number of halogens is 1. The van der Waals surface area contributed by atoms with Gasteiger partial charge in [-0.1, -0.05) is 13.0 Å². The first-order valence-corrected chi connectivity index (χ1v) is 6.85. The van der Waals surface area contributed by atoms with Gasteiger partial charge in [-0.15, -0.1) is 0 Å². The summed E-state index contributed by atoms with van der Waals surface area (Å²) in [6.07, 6.45) is 2.56. The third kappa shape index (κ3) is 3.78. The molecule has 0 aliphatic rings. The van der Waals surface area contributed by atoms with Crippen molar-refractivity contribution in [2.24, 2.45) is 0 Å². The Morgan fingerprint density at radius 3 is 2.86 bits per heavy atom. The second kappa shape index (κ2) is 6.83. The van der Waals surface area contributed by atoms with E-state index in [9.17, 15) is 9.18 Å². The molecule has 1 aromatic carbocycles. The summed E-state index contributed by atoms with van der Waals surface area (Å²) in [6.45, 7) is 2.85. The number of amides is 1. The number of nitrogens with one attached hydrogen (secondary N) is 1. The van der Waals surface area contributed by atoms with Crippen molar-refractivity contribution in [3.05, 3.63) is 54.0 Å². The molecule has 0 spiro atoms. The van der Waals surface area contributed by atoms with Crippen molar-refractivity contribution in [1.82, 2.24) is 4.98 Å². The van der Waals surface area contributed by atoms with Gasteiger partial charge in [0.25, 0.3) is 5.91 Å². The highest BCUT2D eigenvalue weighted by Crippen LogP contribution is 2.17. The van der Waals surface area contributed by atoms with Gasteiger partial charge in [-0.25, -0.2) is 9.37 Å². The summed E-state index contributed by atoms with van der Waals surface area (Å²) in [4.78, 5) is 18.0. The first-order valence-electron chi connectivity index (χ1n) is 6.85. The molecule has 0 aliphatic heterocycles. The van der Waals surface area contributed by atoms with Crippen molar-refractivity contribution < 1.29 is 9.18 Å². The number of aromatic nitrogens is 1. The quantitative estimate of drug-likeness (QED) is 0.917. The molecule has 0 atom stereocenters. The number of nitrogens with zero attached hydrogens (tertiary/aromatic N) is 2. The van der Waals surface area contributed by atoms with Crippen LogP contribution in [0.2, 0.25) is 0 Å². The van der Waals surface area contributed by atoms with Gasteiger partial charge < -0.3 is 10.2 Å². The summed E-state index contributed by atoms with van der Waals surface area (Å²) in [5.74, 6) is 0.0880. The van der Waals surface area contributed by atoms with Crippen LogP contribution in [-0.4, -0.2) is 24.5 Å². The molecule has 4 nitrogen and oxygen atoms in total. The lowest BCUT2D eigenvalue weighted by molar-refractivity contribution is 0.0993. The molecule has 1 aromatic heterocycles. The number of hydrogen-bond acceptors (Lipinski definition) is 3. The van der Waals surface area contributed by atoms with Gasteiger partial charge in [0.05, 0.1) is 0 Å². The Hall–Kier alpha value is -2.43. The predicted molar refractivity (Wildman–Crippen MR) is 82.2 cm³/mol. The van der Waals surface area contributed by atoms with E-state index in [1.807, 2.05) is 0 Å². The summed E-state index contributed by atoms with van der Waals surface area (Å²) >= 11 is 0. The van der Waals surface area contributed by atoms with Crippen LogP contribution >= 0.6 is 0 Å². The smallest absolute Gasteiger partial charge is 0.258 e. The lowest BCUT2D eigenvalue weighted by atomic mass is 10.2. The number of benzene rings is 1. The number of rotatable bonds is 5. The van der Waals surface area contributed by atoms with Crippen LogP contribution in [-0.2, 0) is 0 Å². The summed E-state index contributed by atoms with van der Waals surface area (Å²) in [7, 11) is 1.62. The Bertz CT molecular complexity index is 630. The number of pyridine rings is 1. The normalized spacial score (nSPS) is 10.2. The third-order valence-electron chi connectivity index (χ3n) is 3.06. The zero-order valence-electron chi connectivity index (χ0n) is 12.1. The average Bonchev–Trinajstić information content (AvgIpc) is 2.51. The molecule has 0 fully saturated rings. The first kappa shape index (κ1) is 15.0. The number of hydrogen-bond donors (Lipinski definition) is 1. The van der Waals surface area contributed by atoms with Crippen LogP contribution in [0.3, 0.4) is 0 Å². The van der Waals surface area contributed by atoms with E-state index >= 15 is 0 Å². The van der Waals surface area contributed by atoms with Crippen molar-refractivity contribution in [1.29, 1.82) is 0 Å². The Morgan fingerprint density at radius 1 is 1.33 bits per heavy atom.